The predicted molar refractivity (Wildman–Crippen MR) is 124 cm³/mol. The topological polar surface area (TPSA) is 55.6 Å². The van der Waals surface area contributed by atoms with E-state index in [1.807, 2.05) is 54.6 Å². The Hall–Kier alpha value is -2.60. The van der Waals surface area contributed by atoms with Crippen molar-refractivity contribution < 1.29 is 14.6 Å². The molecule has 156 valence electrons. The summed E-state index contributed by atoms with van der Waals surface area (Å²) < 4.78 is 12.8. The molecule has 30 heavy (non-hydrogen) atoms. The Kier molecular flexibility index (Phi) is 5.95. The van der Waals surface area contributed by atoms with E-state index < -0.39 is 6.10 Å². The molecule has 0 aliphatic carbocycles. The van der Waals surface area contributed by atoms with E-state index in [2.05, 4.69) is 9.88 Å². The van der Waals surface area contributed by atoms with Crippen molar-refractivity contribution in [2.75, 3.05) is 26.1 Å². The van der Waals surface area contributed by atoms with Gasteiger partial charge in [0, 0.05) is 44.5 Å². The normalized spacial score (nSPS) is 12.3. The minimum atomic E-state index is -0.647. The Morgan fingerprint density at radius 3 is 2.10 bits per heavy atom. The Morgan fingerprint density at radius 1 is 0.900 bits per heavy atom. The van der Waals surface area contributed by atoms with E-state index in [1.54, 1.807) is 14.2 Å². The van der Waals surface area contributed by atoms with Crippen molar-refractivity contribution in [1.29, 1.82) is 0 Å². The Labute approximate surface area is 184 Å². The molecule has 0 aliphatic heterocycles. The first-order valence-electron chi connectivity index (χ1n) is 9.51. The van der Waals surface area contributed by atoms with Crippen LogP contribution in [0.1, 0.15) is 0 Å². The highest BCUT2D eigenvalue weighted by atomic mass is 35.5. The zero-order chi connectivity index (χ0) is 21.3. The van der Waals surface area contributed by atoms with Gasteiger partial charge in [-0.2, -0.15) is 0 Å². The number of nitrogens with one attached hydrogen (secondary N) is 1. The number of fused-ring (bicyclic) bond motifs is 3. The first-order chi connectivity index (χ1) is 14.5. The van der Waals surface area contributed by atoms with Crippen LogP contribution >= 0.6 is 23.2 Å². The molecule has 1 heterocycles. The molecule has 0 spiro atoms. The fourth-order valence-corrected chi connectivity index (χ4v) is 4.04. The zero-order valence-electron chi connectivity index (χ0n) is 16.7. The maximum Gasteiger partial charge on any atom is 0.142 e. The molecular weight excluding hydrogens is 423 g/mol. The average molecular weight is 445 g/mol. The molecule has 0 bridgehead atoms. The predicted octanol–water partition coefficient (Wildman–Crippen LogP) is 5.59. The van der Waals surface area contributed by atoms with E-state index in [0.29, 0.717) is 34.6 Å². The molecule has 3 aromatic carbocycles. The van der Waals surface area contributed by atoms with Crippen LogP contribution in [0, 0.1) is 0 Å². The number of hydrogen-bond donors (Lipinski definition) is 2. The second kappa shape index (κ2) is 8.64. The highest BCUT2D eigenvalue weighted by Gasteiger charge is 2.15. The van der Waals surface area contributed by atoms with Gasteiger partial charge >= 0.3 is 0 Å². The van der Waals surface area contributed by atoms with Gasteiger partial charge in [-0.25, -0.2) is 0 Å². The van der Waals surface area contributed by atoms with Crippen molar-refractivity contribution >= 4 is 50.7 Å². The molecule has 0 fully saturated rings. The van der Waals surface area contributed by atoms with E-state index in [-0.39, 0.29) is 0 Å². The van der Waals surface area contributed by atoms with Crippen LogP contribution in [0.2, 0.25) is 10.0 Å². The van der Waals surface area contributed by atoms with Crippen LogP contribution in [0.4, 0.5) is 5.69 Å². The summed E-state index contributed by atoms with van der Waals surface area (Å²) in [6.45, 7) is 0.744. The minimum absolute atomic E-state index is 0.339. The number of aliphatic hydroxyl groups is 1. The van der Waals surface area contributed by atoms with Crippen LogP contribution in [-0.4, -0.2) is 36.5 Å². The molecule has 1 unspecified atom stereocenters. The van der Waals surface area contributed by atoms with Gasteiger partial charge in [-0.05, 0) is 48.5 Å². The second-order valence-electron chi connectivity index (χ2n) is 7.03. The first-order valence-corrected chi connectivity index (χ1v) is 10.3. The maximum absolute atomic E-state index is 10.8. The van der Waals surface area contributed by atoms with Gasteiger partial charge in [0.05, 0.1) is 32.6 Å². The van der Waals surface area contributed by atoms with Crippen LogP contribution in [0.15, 0.2) is 54.6 Å². The van der Waals surface area contributed by atoms with E-state index >= 15 is 0 Å². The number of ether oxygens (including phenoxy) is 2. The summed E-state index contributed by atoms with van der Waals surface area (Å²) in [6.07, 6.45) is -0.647. The summed E-state index contributed by atoms with van der Waals surface area (Å²) in [5.41, 5.74) is 2.75. The molecule has 0 radical (unpaired) electrons. The summed E-state index contributed by atoms with van der Waals surface area (Å²) in [5, 5.41) is 17.4. The largest absolute Gasteiger partial charge is 0.497 e. The van der Waals surface area contributed by atoms with Gasteiger partial charge in [0.15, 0.2) is 0 Å². The smallest absolute Gasteiger partial charge is 0.142 e. The van der Waals surface area contributed by atoms with Gasteiger partial charge in [-0.1, -0.05) is 23.2 Å². The van der Waals surface area contributed by atoms with Crippen LogP contribution in [0.5, 0.6) is 11.5 Å². The quantitative estimate of drug-likeness (QED) is 0.389. The third kappa shape index (κ3) is 4.01. The molecule has 4 rings (SSSR count). The standard InChI is InChI=1S/C23H22Cl2N2O3/c1-29-17-5-8-23(30-2)20(11-17)26-12-16(28)13-27-21-6-3-14(24)9-18(21)19-10-15(25)4-7-22(19)27/h3-11,16,26,28H,12-13H2,1-2H3. The van der Waals surface area contributed by atoms with Crippen molar-refractivity contribution in [2.45, 2.75) is 12.6 Å². The third-order valence-electron chi connectivity index (χ3n) is 5.12. The van der Waals surface area contributed by atoms with Crippen molar-refractivity contribution in [3.8, 4) is 11.5 Å². The van der Waals surface area contributed by atoms with Crippen LogP contribution in [-0.2, 0) is 6.54 Å². The van der Waals surface area contributed by atoms with E-state index in [4.69, 9.17) is 32.7 Å². The summed E-state index contributed by atoms with van der Waals surface area (Å²) in [6, 6.07) is 17.0. The van der Waals surface area contributed by atoms with Crippen molar-refractivity contribution in [3.63, 3.8) is 0 Å². The molecular formula is C23H22Cl2N2O3. The van der Waals surface area contributed by atoms with Crippen LogP contribution in [0.3, 0.4) is 0 Å². The molecule has 4 aromatic rings. The third-order valence-corrected chi connectivity index (χ3v) is 5.59. The second-order valence-corrected chi connectivity index (χ2v) is 7.91. The number of halogens is 2. The molecule has 0 amide bonds. The Morgan fingerprint density at radius 2 is 1.53 bits per heavy atom. The molecule has 0 aliphatic rings. The summed E-state index contributed by atoms with van der Waals surface area (Å²) in [4.78, 5) is 0. The summed E-state index contributed by atoms with van der Waals surface area (Å²) in [7, 11) is 3.22. The number of aliphatic hydroxyl groups excluding tert-OH is 1. The van der Waals surface area contributed by atoms with Crippen molar-refractivity contribution in [1.82, 2.24) is 4.57 Å². The van der Waals surface area contributed by atoms with Crippen LogP contribution < -0.4 is 14.8 Å². The fourth-order valence-electron chi connectivity index (χ4n) is 3.70. The number of rotatable bonds is 7. The molecule has 1 aromatic heterocycles. The molecule has 1 atom stereocenters. The lowest BCUT2D eigenvalue weighted by Crippen LogP contribution is -2.25. The van der Waals surface area contributed by atoms with Gasteiger partial charge in [-0.3, -0.25) is 0 Å². The average Bonchev–Trinajstić information content (AvgIpc) is 3.04. The first kappa shape index (κ1) is 20.7. The number of methoxy groups -OCH3 is 2. The lowest BCUT2D eigenvalue weighted by molar-refractivity contribution is 0.169. The lowest BCUT2D eigenvalue weighted by atomic mass is 10.1. The van der Waals surface area contributed by atoms with Crippen molar-refractivity contribution in [2.24, 2.45) is 0 Å². The molecule has 5 nitrogen and oxygen atoms in total. The molecule has 2 N–H and O–H groups in total. The van der Waals surface area contributed by atoms with E-state index in [9.17, 15) is 5.11 Å². The maximum atomic E-state index is 10.8. The highest BCUT2D eigenvalue weighted by Crippen LogP contribution is 2.33. The van der Waals surface area contributed by atoms with E-state index in [1.165, 1.54) is 0 Å². The van der Waals surface area contributed by atoms with Crippen molar-refractivity contribution in [3.05, 3.63) is 64.6 Å². The minimum Gasteiger partial charge on any atom is -0.497 e. The zero-order valence-corrected chi connectivity index (χ0v) is 18.2. The number of anilines is 1. The highest BCUT2D eigenvalue weighted by molar-refractivity contribution is 6.33. The molecule has 0 saturated heterocycles. The van der Waals surface area contributed by atoms with Gasteiger partial charge in [0.2, 0.25) is 0 Å². The lowest BCUT2D eigenvalue weighted by Gasteiger charge is -2.17. The number of nitrogens with zero attached hydrogens (tertiary/aromatic N) is 1. The van der Waals surface area contributed by atoms with Crippen LogP contribution in [0.25, 0.3) is 21.8 Å². The van der Waals surface area contributed by atoms with Gasteiger partial charge < -0.3 is 24.5 Å². The monoisotopic (exact) mass is 444 g/mol. The Bertz CT molecular complexity index is 1150. The molecule has 0 saturated carbocycles. The van der Waals surface area contributed by atoms with Gasteiger partial charge in [0.1, 0.15) is 11.5 Å². The fraction of sp³-hybridized carbons (Fsp3) is 0.217. The van der Waals surface area contributed by atoms with E-state index in [0.717, 1.165) is 27.5 Å². The Balaban J connectivity index is 1.61. The summed E-state index contributed by atoms with van der Waals surface area (Å²) in [5.74, 6) is 1.40. The SMILES string of the molecule is COc1ccc(OC)c(NCC(O)Cn2c3ccc(Cl)cc3c3cc(Cl)ccc32)c1. The number of hydrogen-bond acceptors (Lipinski definition) is 4. The van der Waals surface area contributed by atoms with Gasteiger partial charge in [0.25, 0.3) is 0 Å². The number of benzene rings is 3. The molecule has 7 heteroatoms. The van der Waals surface area contributed by atoms with Gasteiger partial charge in [-0.15, -0.1) is 0 Å². The number of aromatic nitrogens is 1. The summed E-state index contributed by atoms with van der Waals surface area (Å²) >= 11 is 12.4.